The zero-order valence-corrected chi connectivity index (χ0v) is 11.9. The fourth-order valence-corrected chi connectivity index (χ4v) is 2.67. The fraction of sp³-hybridized carbons (Fsp3) is 0.167. The van der Waals surface area contributed by atoms with Gasteiger partial charge in [0.05, 0.1) is 12.6 Å². The number of rotatable bonds is 3. The van der Waals surface area contributed by atoms with Crippen LogP contribution in [-0.4, -0.2) is 22.5 Å². The number of aliphatic hydroxyl groups excluding tert-OH is 1. The van der Waals surface area contributed by atoms with E-state index in [0.29, 0.717) is 12.1 Å². The Balaban J connectivity index is 1.88. The summed E-state index contributed by atoms with van der Waals surface area (Å²) in [5.74, 6) is -0.436. The highest BCUT2D eigenvalue weighted by atomic mass is 16.3. The molecule has 1 unspecified atom stereocenters. The van der Waals surface area contributed by atoms with Crippen molar-refractivity contribution in [3.05, 3.63) is 77.5 Å². The summed E-state index contributed by atoms with van der Waals surface area (Å²) < 4.78 is 0. The van der Waals surface area contributed by atoms with Gasteiger partial charge < -0.3 is 10.0 Å². The number of benzene rings is 2. The van der Waals surface area contributed by atoms with Gasteiger partial charge in [-0.3, -0.25) is 4.79 Å². The summed E-state index contributed by atoms with van der Waals surface area (Å²) in [6.45, 7) is 2.42. The highest BCUT2D eigenvalue weighted by molar-refractivity contribution is 6.04. The molecule has 1 aliphatic heterocycles. The Kier molecular flexibility index (Phi) is 3.48. The molecule has 3 rings (SSSR count). The minimum absolute atomic E-state index is 0.0675. The molecule has 1 N–H and O–H groups in total. The predicted molar refractivity (Wildman–Crippen MR) is 82.6 cm³/mol. The highest BCUT2D eigenvalue weighted by Crippen LogP contribution is 2.32. The number of hydrogen-bond acceptors (Lipinski definition) is 2. The summed E-state index contributed by atoms with van der Waals surface area (Å²) in [6.07, 6.45) is 0. The second kappa shape index (κ2) is 5.44. The zero-order chi connectivity index (χ0) is 14.8. The minimum atomic E-state index is -0.301. The largest absolute Gasteiger partial charge is 0.503 e. The third-order valence-corrected chi connectivity index (χ3v) is 3.95. The average molecular weight is 279 g/mol. The molecule has 1 aliphatic rings. The predicted octanol–water partition coefficient (Wildman–Crippen LogP) is 3.56. The van der Waals surface area contributed by atoms with Gasteiger partial charge in [-0.2, -0.15) is 0 Å². The van der Waals surface area contributed by atoms with Crippen LogP contribution in [0.3, 0.4) is 0 Å². The summed E-state index contributed by atoms with van der Waals surface area (Å²) >= 11 is 0. The van der Waals surface area contributed by atoms with Crippen LogP contribution < -0.4 is 0 Å². The van der Waals surface area contributed by atoms with Crippen molar-refractivity contribution in [2.75, 3.05) is 6.54 Å². The molecule has 2 aromatic rings. The number of carbonyl (C=O) groups is 1. The molecule has 0 saturated carbocycles. The van der Waals surface area contributed by atoms with Crippen molar-refractivity contribution in [1.82, 2.24) is 4.90 Å². The lowest BCUT2D eigenvalue weighted by Gasteiger charge is -2.25. The third kappa shape index (κ3) is 2.42. The van der Waals surface area contributed by atoms with Crippen LogP contribution in [0, 0.1) is 0 Å². The first-order valence-corrected chi connectivity index (χ1v) is 7.02. The van der Waals surface area contributed by atoms with Crippen molar-refractivity contribution in [2.24, 2.45) is 0 Å². The summed E-state index contributed by atoms with van der Waals surface area (Å²) in [5.41, 5.74) is 2.66. The van der Waals surface area contributed by atoms with E-state index in [1.54, 1.807) is 4.90 Å². The first-order chi connectivity index (χ1) is 10.2. The van der Waals surface area contributed by atoms with Gasteiger partial charge in [0.15, 0.2) is 5.76 Å². The lowest BCUT2D eigenvalue weighted by molar-refractivity contribution is -0.129. The summed E-state index contributed by atoms with van der Waals surface area (Å²) in [6, 6.07) is 19.3. The third-order valence-electron chi connectivity index (χ3n) is 3.95. The van der Waals surface area contributed by atoms with Crippen LogP contribution in [0.1, 0.15) is 24.1 Å². The number of hydrogen-bond donors (Lipinski definition) is 1. The van der Waals surface area contributed by atoms with E-state index in [2.05, 4.69) is 0 Å². The Labute approximate surface area is 124 Å². The van der Waals surface area contributed by atoms with E-state index in [-0.39, 0.29) is 17.7 Å². The molecule has 0 saturated heterocycles. The molecule has 1 atom stereocenters. The van der Waals surface area contributed by atoms with Crippen LogP contribution in [0.2, 0.25) is 0 Å². The van der Waals surface area contributed by atoms with Crippen LogP contribution in [0.25, 0.3) is 5.57 Å². The standard InChI is InChI=1S/C18H17NO2/c1-13(14-8-4-2-5-9-14)19-12-16(17(20)18(19)21)15-10-6-3-7-11-15/h2-11,13,20H,12H2,1H3. The van der Waals surface area contributed by atoms with E-state index in [0.717, 1.165) is 11.1 Å². The quantitative estimate of drug-likeness (QED) is 0.933. The number of aliphatic hydroxyl groups is 1. The summed E-state index contributed by atoms with van der Waals surface area (Å²) in [7, 11) is 0. The summed E-state index contributed by atoms with van der Waals surface area (Å²) in [5, 5.41) is 10.2. The maximum atomic E-state index is 12.3. The molecule has 2 aromatic carbocycles. The van der Waals surface area contributed by atoms with Gasteiger partial charge in [-0.05, 0) is 18.1 Å². The van der Waals surface area contributed by atoms with Gasteiger partial charge in [0, 0.05) is 5.57 Å². The molecule has 106 valence electrons. The Morgan fingerprint density at radius 3 is 2.19 bits per heavy atom. The van der Waals surface area contributed by atoms with Crippen molar-refractivity contribution >= 4 is 11.5 Å². The maximum Gasteiger partial charge on any atom is 0.289 e. The lowest BCUT2D eigenvalue weighted by Crippen LogP contribution is -2.30. The van der Waals surface area contributed by atoms with Gasteiger partial charge in [0.2, 0.25) is 0 Å². The second-order valence-corrected chi connectivity index (χ2v) is 5.21. The van der Waals surface area contributed by atoms with Crippen LogP contribution in [-0.2, 0) is 4.79 Å². The topological polar surface area (TPSA) is 40.5 Å². The monoisotopic (exact) mass is 279 g/mol. The molecular weight excluding hydrogens is 262 g/mol. The molecule has 0 aliphatic carbocycles. The van der Waals surface area contributed by atoms with Gasteiger partial charge >= 0.3 is 0 Å². The van der Waals surface area contributed by atoms with E-state index in [1.807, 2.05) is 67.6 Å². The fourth-order valence-electron chi connectivity index (χ4n) is 2.67. The number of carbonyl (C=O) groups excluding carboxylic acids is 1. The lowest BCUT2D eigenvalue weighted by atomic mass is 10.1. The first-order valence-electron chi connectivity index (χ1n) is 7.02. The van der Waals surface area contributed by atoms with E-state index in [9.17, 15) is 9.90 Å². The SMILES string of the molecule is CC(c1ccccc1)N1CC(c2ccccc2)=C(O)C1=O. The van der Waals surface area contributed by atoms with E-state index < -0.39 is 0 Å². The molecule has 0 radical (unpaired) electrons. The van der Waals surface area contributed by atoms with Gasteiger partial charge in [-0.1, -0.05) is 60.7 Å². The van der Waals surface area contributed by atoms with Gasteiger partial charge in [-0.25, -0.2) is 0 Å². The highest BCUT2D eigenvalue weighted by Gasteiger charge is 2.34. The first kappa shape index (κ1) is 13.4. The molecule has 21 heavy (non-hydrogen) atoms. The Hall–Kier alpha value is -2.55. The van der Waals surface area contributed by atoms with Crippen molar-refractivity contribution < 1.29 is 9.90 Å². The van der Waals surface area contributed by atoms with Crippen molar-refractivity contribution in [3.8, 4) is 0 Å². The van der Waals surface area contributed by atoms with Crippen LogP contribution in [0.4, 0.5) is 0 Å². The molecule has 3 nitrogen and oxygen atoms in total. The number of nitrogens with zero attached hydrogens (tertiary/aromatic N) is 1. The van der Waals surface area contributed by atoms with Gasteiger partial charge in [0.1, 0.15) is 0 Å². The molecule has 1 amide bonds. The maximum absolute atomic E-state index is 12.3. The van der Waals surface area contributed by atoms with Crippen LogP contribution >= 0.6 is 0 Å². The Morgan fingerprint density at radius 1 is 1.00 bits per heavy atom. The molecule has 0 spiro atoms. The van der Waals surface area contributed by atoms with Crippen molar-refractivity contribution in [3.63, 3.8) is 0 Å². The average Bonchev–Trinajstić information content (AvgIpc) is 2.84. The molecule has 3 heteroatoms. The Bertz CT molecular complexity index is 677. The molecule has 0 bridgehead atoms. The zero-order valence-electron chi connectivity index (χ0n) is 11.9. The second-order valence-electron chi connectivity index (χ2n) is 5.21. The smallest absolute Gasteiger partial charge is 0.289 e. The van der Waals surface area contributed by atoms with E-state index >= 15 is 0 Å². The molecular formula is C18H17NO2. The van der Waals surface area contributed by atoms with E-state index in [4.69, 9.17) is 0 Å². The van der Waals surface area contributed by atoms with Crippen LogP contribution in [0.5, 0.6) is 0 Å². The molecule has 0 fully saturated rings. The van der Waals surface area contributed by atoms with Gasteiger partial charge in [-0.15, -0.1) is 0 Å². The van der Waals surface area contributed by atoms with E-state index in [1.165, 1.54) is 0 Å². The van der Waals surface area contributed by atoms with Crippen molar-refractivity contribution in [2.45, 2.75) is 13.0 Å². The molecule has 0 aromatic heterocycles. The Morgan fingerprint density at radius 2 is 1.57 bits per heavy atom. The van der Waals surface area contributed by atoms with Gasteiger partial charge in [0.25, 0.3) is 5.91 Å². The van der Waals surface area contributed by atoms with Crippen LogP contribution in [0.15, 0.2) is 66.4 Å². The normalized spacial score (nSPS) is 16.4. The molecule has 1 heterocycles. The van der Waals surface area contributed by atoms with Crippen molar-refractivity contribution in [1.29, 1.82) is 0 Å². The summed E-state index contributed by atoms with van der Waals surface area (Å²) in [4.78, 5) is 14.0. The minimum Gasteiger partial charge on any atom is -0.503 e. The number of amides is 1.